The van der Waals surface area contributed by atoms with E-state index in [2.05, 4.69) is 5.32 Å². The lowest BCUT2D eigenvalue weighted by molar-refractivity contribution is -0.146. The summed E-state index contributed by atoms with van der Waals surface area (Å²) in [6.07, 6.45) is 3.38. The van der Waals surface area contributed by atoms with Gasteiger partial charge in [0.15, 0.2) is 17.2 Å². The van der Waals surface area contributed by atoms with Crippen molar-refractivity contribution in [2.45, 2.75) is 37.5 Å². The molecule has 41 heavy (non-hydrogen) atoms. The van der Waals surface area contributed by atoms with E-state index in [0.29, 0.717) is 48.9 Å². The Kier molecular flexibility index (Phi) is 9.18. The number of carbonyl (C=O) groups is 2. The fraction of sp³-hybridized carbons (Fsp3) is 0.379. The number of hydrogen-bond acceptors (Lipinski definition) is 8. The van der Waals surface area contributed by atoms with Gasteiger partial charge in [-0.2, -0.15) is 0 Å². The van der Waals surface area contributed by atoms with Gasteiger partial charge in [-0.05, 0) is 54.9 Å². The monoisotopic (exact) mass is 618 g/mol. The fourth-order valence-electron chi connectivity index (χ4n) is 4.66. The number of sulfonamides is 1. The van der Waals surface area contributed by atoms with Crippen LogP contribution in [0.3, 0.4) is 0 Å². The number of anilines is 1. The van der Waals surface area contributed by atoms with Crippen LogP contribution in [0.1, 0.15) is 40.9 Å². The molecular weight excluding hydrogens is 588 g/mol. The summed E-state index contributed by atoms with van der Waals surface area (Å²) in [7, 11) is -3.40. The molecule has 0 radical (unpaired) electrons. The highest BCUT2D eigenvalue weighted by Gasteiger charge is 2.29. The summed E-state index contributed by atoms with van der Waals surface area (Å²) >= 11 is 7.55. The molecule has 9 nitrogen and oxygen atoms in total. The van der Waals surface area contributed by atoms with Gasteiger partial charge in [-0.3, -0.25) is 0 Å². The molecule has 1 saturated carbocycles. The second-order valence-corrected chi connectivity index (χ2v) is 13.6. The lowest BCUT2D eigenvalue weighted by Gasteiger charge is -2.32. The molecule has 5 rings (SSSR count). The predicted octanol–water partition coefficient (Wildman–Crippen LogP) is 5.51. The molecule has 2 aliphatic rings. The molecule has 218 valence electrons. The van der Waals surface area contributed by atoms with Gasteiger partial charge in [-0.15, -0.1) is 11.3 Å². The number of piperidine rings is 1. The second-order valence-electron chi connectivity index (χ2n) is 10.3. The maximum Gasteiger partial charge on any atom is 0.349 e. The van der Waals surface area contributed by atoms with Crippen molar-refractivity contribution in [3.05, 3.63) is 70.1 Å². The van der Waals surface area contributed by atoms with Crippen molar-refractivity contribution < 1.29 is 32.6 Å². The molecule has 0 amide bonds. The maximum atomic E-state index is 12.9. The minimum Gasteiger partial charge on any atom is -0.479 e. The van der Waals surface area contributed by atoms with Crippen LogP contribution in [-0.2, 0) is 25.3 Å². The molecule has 2 aromatic carbocycles. The van der Waals surface area contributed by atoms with Crippen molar-refractivity contribution in [3.63, 3.8) is 0 Å². The number of ether oxygens (including phenoxy) is 2. The Hall–Kier alpha value is -3.12. The molecule has 1 aliphatic heterocycles. The van der Waals surface area contributed by atoms with Gasteiger partial charge in [0.2, 0.25) is 10.0 Å². The topological polar surface area (TPSA) is 122 Å². The lowest BCUT2D eigenvalue weighted by atomic mass is 10.1. The molecule has 1 saturated heterocycles. The maximum absolute atomic E-state index is 12.9. The molecule has 1 aliphatic carbocycles. The average Bonchev–Trinajstić information content (AvgIpc) is 3.73. The zero-order valence-corrected chi connectivity index (χ0v) is 24.6. The lowest BCUT2D eigenvalue weighted by Crippen LogP contribution is -2.42. The highest BCUT2D eigenvalue weighted by atomic mass is 35.5. The molecule has 0 unspecified atom stereocenters. The Balaban J connectivity index is 1.22. The Morgan fingerprint density at radius 2 is 1.78 bits per heavy atom. The van der Waals surface area contributed by atoms with Crippen LogP contribution in [0, 0.1) is 5.92 Å². The third kappa shape index (κ3) is 7.59. The van der Waals surface area contributed by atoms with Crippen molar-refractivity contribution in [1.29, 1.82) is 0 Å². The summed E-state index contributed by atoms with van der Waals surface area (Å²) in [5.74, 6) is -1.42. The average molecular weight is 619 g/mol. The summed E-state index contributed by atoms with van der Waals surface area (Å²) in [5.41, 5.74) is 2.27. The van der Waals surface area contributed by atoms with Crippen LogP contribution in [0.2, 0.25) is 5.02 Å². The van der Waals surface area contributed by atoms with E-state index in [1.54, 1.807) is 4.31 Å². The summed E-state index contributed by atoms with van der Waals surface area (Å²) in [4.78, 5) is 24.4. The number of aromatic carboxylic acids is 1. The number of nitrogens with one attached hydrogen (secondary N) is 1. The largest absolute Gasteiger partial charge is 0.479 e. The first kappa shape index (κ1) is 29.4. The predicted molar refractivity (Wildman–Crippen MR) is 158 cm³/mol. The third-order valence-electron chi connectivity index (χ3n) is 7.05. The number of nitrogens with zero attached hydrogens (tertiary/aromatic N) is 1. The first-order chi connectivity index (χ1) is 19.7. The van der Waals surface area contributed by atoms with E-state index in [-0.39, 0.29) is 27.4 Å². The summed E-state index contributed by atoms with van der Waals surface area (Å²) in [5, 5.41) is 13.3. The number of benzene rings is 2. The summed E-state index contributed by atoms with van der Waals surface area (Å²) < 4.78 is 38.0. The minimum atomic E-state index is -3.40. The number of esters is 1. The number of halogens is 1. The van der Waals surface area contributed by atoms with Gasteiger partial charge in [0.1, 0.15) is 5.02 Å². The van der Waals surface area contributed by atoms with Crippen molar-refractivity contribution in [3.8, 4) is 16.2 Å². The van der Waals surface area contributed by atoms with Crippen LogP contribution in [-0.4, -0.2) is 62.1 Å². The van der Waals surface area contributed by atoms with Crippen LogP contribution >= 0.6 is 22.9 Å². The van der Waals surface area contributed by atoms with Crippen molar-refractivity contribution >= 4 is 50.6 Å². The Labute approximate surface area is 248 Å². The van der Waals surface area contributed by atoms with Crippen LogP contribution in [0.25, 0.3) is 10.4 Å². The van der Waals surface area contributed by atoms with Gasteiger partial charge < -0.3 is 19.9 Å². The SMILES string of the molecule is O=C(COc1c(C(=O)O)sc(-c2cccc(NC3CCN(S(=O)(=O)Cc4ccccc4)CC3)c2)c1Cl)OCC1CC1. The molecule has 2 N–H and O–H groups in total. The number of carboxylic acid groups (broad SMARTS) is 1. The smallest absolute Gasteiger partial charge is 0.349 e. The number of carbonyl (C=O) groups excluding carboxylic acids is 1. The highest BCUT2D eigenvalue weighted by Crippen LogP contribution is 2.46. The zero-order chi connectivity index (χ0) is 29.0. The van der Waals surface area contributed by atoms with Gasteiger partial charge in [0, 0.05) is 24.8 Å². The normalized spacial score (nSPS) is 16.3. The van der Waals surface area contributed by atoms with Gasteiger partial charge in [-0.1, -0.05) is 54.1 Å². The van der Waals surface area contributed by atoms with Gasteiger partial charge in [-0.25, -0.2) is 22.3 Å². The first-order valence-corrected chi connectivity index (χ1v) is 16.2. The van der Waals surface area contributed by atoms with E-state index >= 15 is 0 Å². The van der Waals surface area contributed by atoms with Crippen LogP contribution < -0.4 is 10.1 Å². The van der Waals surface area contributed by atoms with Crippen molar-refractivity contribution in [2.24, 2.45) is 5.92 Å². The van der Waals surface area contributed by atoms with Gasteiger partial charge in [0.05, 0.1) is 17.2 Å². The molecular formula is C29H31ClN2O7S2. The molecule has 1 aromatic heterocycles. The minimum absolute atomic E-state index is 0.0127. The third-order valence-corrected chi connectivity index (χ3v) is 10.6. The first-order valence-electron chi connectivity index (χ1n) is 13.4. The standard InChI is InChI=1S/C29H31ClN2O7S2/c30-25-26(39-17-24(33)38-16-19-9-10-19)28(29(34)35)40-27(25)21-7-4-8-23(15-21)31-22-11-13-32(14-12-22)41(36,37)18-20-5-2-1-3-6-20/h1-8,15,19,22,31H,9-14,16-18H2,(H,34,35). The van der Waals surface area contributed by atoms with Crippen LogP contribution in [0.4, 0.5) is 5.69 Å². The molecule has 2 heterocycles. The zero-order valence-electron chi connectivity index (χ0n) is 22.3. The Morgan fingerprint density at radius 1 is 1.05 bits per heavy atom. The molecule has 0 bridgehead atoms. The van der Waals surface area contributed by atoms with E-state index < -0.39 is 28.6 Å². The van der Waals surface area contributed by atoms with E-state index in [1.165, 1.54) is 0 Å². The second kappa shape index (κ2) is 12.8. The number of thiophene rings is 1. The van der Waals surface area contributed by atoms with E-state index in [9.17, 15) is 23.1 Å². The highest BCUT2D eigenvalue weighted by molar-refractivity contribution is 7.88. The van der Waals surface area contributed by atoms with Crippen LogP contribution in [0.15, 0.2) is 54.6 Å². The molecule has 0 atom stereocenters. The molecule has 12 heteroatoms. The van der Waals surface area contributed by atoms with E-state index in [4.69, 9.17) is 21.1 Å². The number of hydrogen-bond donors (Lipinski definition) is 2. The summed E-state index contributed by atoms with van der Waals surface area (Å²) in [6.45, 7) is 0.771. The number of rotatable bonds is 12. The molecule has 2 fully saturated rings. The number of carboxylic acids is 1. The van der Waals surface area contributed by atoms with Gasteiger partial charge >= 0.3 is 11.9 Å². The molecule has 0 spiro atoms. The summed E-state index contributed by atoms with van der Waals surface area (Å²) in [6, 6.07) is 16.7. The fourth-order valence-corrected chi connectivity index (χ4v) is 7.63. The van der Waals surface area contributed by atoms with Gasteiger partial charge in [0.25, 0.3) is 0 Å². The Bertz CT molecular complexity index is 1500. The quantitative estimate of drug-likeness (QED) is 0.255. The van der Waals surface area contributed by atoms with Crippen LogP contribution in [0.5, 0.6) is 5.75 Å². The van der Waals surface area contributed by atoms with E-state index in [1.807, 2.05) is 54.6 Å². The van der Waals surface area contributed by atoms with Crippen molar-refractivity contribution in [1.82, 2.24) is 4.31 Å². The van der Waals surface area contributed by atoms with Crippen molar-refractivity contribution in [2.75, 3.05) is 31.6 Å². The Morgan fingerprint density at radius 3 is 2.46 bits per heavy atom. The molecule has 3 aromatic rings. The van der Waals surface area contributed by atoms with E-state index in [0.717, 1.165) is 35.4 Å².